The number of carbonyl (C=O) groups is 2. The molecule has 1 aromatic heterocycles. The molecule has 0 atom stereocenters. The summed E-state index contributed by atoms with van der Waals surface area (Å²) in [5, 5.41) is 3.45. The third kappa shape index (κ3) is 5.04. The van der Waals surface area contributed by atoms with Crippen LogP contribution in [0.25, 0.3) is 0 Å². The lowest BCUT2D eigenvalue weighted by molar-refractivity contribution is -0.118. The van der Waals surface area contributed by atoms with Gasteiger partial charge in [-0.2, -0.15) is 0 Å². The molecule has 0 saturated carbocycles. The number of carbonyl (C=O) groups excluding carboxylic acids is 2. The van der Waals surface area contributed by atoms with Crippen LogP contribution in [0.3, 0.4) is 0 Å². The van der Waals surface area contributed by atoms with E-state index in [0.717, 1.165) is 37.7 Å². The molecule has 0 saturated heterocycles. The van der Waals surface area contributed by atoms with Crippen LogP contribution in [0.5, 0.6) is 5.75 Å². The van der Waals surface area contributed by atoms with Gasteiger partial charge in [-0.3, -0.25) is 4.79 Å². The van der Waals surface area contributed by atoms with Crippen molar-refractivity contribution >= 4 is 28.2 Å². The molecule has 3 rings (SSSR count). The van der Waals surface area contributed by atoms with Gasteiger partial charge in [-0.1, -0.05) is 32.9 Å². The molecule has 0 radical (unpaired) electrons. The molecule has 2 aromatic rings. The number of benzene rings is 1. The van der Waals surface area contributed by atoms with Crippen molar-refractivity contribution in [2.24, 2.45) is 0 Å². The first-order valence-corrected chi connectivity index (χ1v) is 11.5. The Morgan fingerprint density at radius 2 is 1.80 bits per heavy atom. The van der Waals surface area contributed by atoms with E-state index in [1.54, 1.807) is 6.92 Å². The van der Waals surface area contributed by atoms with Crippen LogP contribution in [-0.4, -0.2) is 25.1 Å². The summed E-state index contributed by atoms with van der Waals surface area (Å²) in [6.07, 6.45) is 5.00. The van der Waals surface area contributed by atoms with Crippen molar-refractivity contribution in [2.75, 3.05) is 18.5 Å². The number of hydrogen-bond donors (Lipinski definition) is 1. The normalized spacial score (nSPS) is 13.5. The highest BCUT2D eigenvalue weighted by molar-refractivity contribution is 7.17. The number of nitrogens with one attached hydrogen (secondary N) is 1. The molecule has 0 bridgehead atoms. The van der Waals surface area contributed by atoms with E-state index in [1.807, 2.05) is 24.3 Å². The number of anilines is 1. The summed E-state index contributed by atoms with van der Waals surface area (Å²) in [6, 6.07) is 7.88. The van der Waals surface area contributed by atoms with E-state index in [4.69, 9.17) is 9.47 Å². The highest BCUT2D eigenvalue weighted by atomic mass is 32.1. The highest BCUT2D eigenvalue weighted by Gasteiger charge is 2.27. The van der Waals surface area contributed by atoms with Crippen LogP contribution in [0.1, 0.15) is 73.3 Å². The minimum Gasteiger partial charge on any atom is -0.484 e. The summed E-state index contributed by atoms with van der Waals surface area (Å²) in [5.41, 5.74) is 2.91. The van der Waals surface area contributed by atoms with Gasteiger partial charge in [-0.25, -0.2) is 4.79 Å². The number of rotatable bonds is 8. The maximum Gasteiger partial charge on any atom is 0.341 e. The van der Waals surface area contributed by atoms with Crippen molar-refractivity contribution in [1.82, 2.24) is 0 Å². The topological polar surface area (TPSA) is 64.6 Å². The van der Waals surface area contributed by atoms with Crippen molar-refractivity contribution in [3.8, 4) is 5.75 Å². The van der Waals surface area contributed by atoms with E-state index >= 15 is 0 Å². The van der Waals surface area contributed by atoms with Crippen LogP contribution in [0.15, 0.2) is 24.3 Å². The number of hydrogen-bond acceptors (Lipinski definition) is 5. The number of thiophene rings is 1. The Balaban J connectivity index is 1.66. The molecule has 0 spiro atoms. The van der Waals surface area contributed by atoms with Gasteiger partial charge in [-0.05, 0) is 67.7 Å². The van der Waals surface area contributed by atoms with E-state index in [0.29, 0.717) is 22.9 Å². The molecular weight excluding hydrogens is 398 g/mol. The maximum atomic E-state index is 12.5. The summed E-state index contributed by atoms with van der Waals surface area (Å²) in [5.74, 6) is 0.0104. The SMILES string of the molecule is CCOC(=O)c1c(NC(=O)COc2ccc(C(C)(C)CC)cc2)sc2c1CCCC2. The molecule has 1 aliphatic rings. The summed E-state index contributed by atoms with van der Waals surface area (Å²) >= 11 is 1.48. The second-order valence-electron chi connectivity index (χ2n) is 8.23. The minimum absolute atomic E-state index is 0.109. The van der Waals surface area contributed by atoms with Gasteiger partial charge in [-0.15, -0.1) is 11.3 Å². The van der Waals surface area contributed by atoms with Gasteiger partial charge in [0.25, 0.3) is 5.91 Å². The van der Waals surface area contributed by atoms with E-state index in [-0.39, 0.29) is 23.9 Å². The first-order chi connectivity index (χ1) is 14.4. The van der Waals surface area contributed by atoms with Crippen molar-refractivity contribution < 1.29 is 19.1 Å². The fraction of sp³-hybridized carbons (Fsp3) is 0.500. The van der Waals surface area contributed by atoms with Crippen LogP contribution in [-0.2, 0) is 27.8 Å². The molecule has 0 fully saturated rings. The molecule has 1 heterocycles. The standard InChI is InChI=1S/C24H31NO4S/c1-5-24(3,4)16-11-13-17(14-12-16)29-15-20(26)25-22-21(23(27)28-6-2)18-9-7-8-10-19(18)30-22/h11-14H,5-10,15H2,1-4H3,(H,25,26). The lowest BCUT2D eigenvalue weighted by Crippen LogP contribution is -2.21. The summed E-state index contributed by atoms with van der Waals surface area (Å²) in [6.45, 7) is 8.57. The van der Waals surface area contributed by atoms with Crippen LogP contribution < -0.4 is 10.1 Å². The predicted octanol–water partition coefficient (Wildman–Crippen LogP) is 5.51. The van der Waals surface area contributed by atoms with Gasteiger partial charge in [0.1, 0.15) is 10.8 Å². The Labute approximate surface area is 182 Å². The van der Waals surface area contributed by atoms with Crippen molar-refractivity contribution in [1.29, 1.82) is 0 Å². The van der Waals surface area contributed by atoms with Crippen LogP contribution in [0, 0.1) is 0 Å². The Kier molecular flexibility index (Phi) is 7.19. The number of aryl methyl sites for hydroxylation is 1. The molecule has 5 nitrogen and oxygen atoms in total. The van der Waals surface area contributed by atoms with Gasteiger partial charge in [0.05, 0.1) is 12.2 Å². The predicted molar refractivity (Wildman–Crippen MR) is 121 cm³/mol. The third-order valence-corrected chi connectivity index (χ3v) is 7.00. The van der Waals surface area contributed by atoms with Crippen LogP contribution in [0.4, 0.5) is 5.00 Å². The smallest absolute Gasteiger partial charge is 0.341 e. The van der Waals surface area contributed by atoms with Gasteiger partial charge in [0.2, 0.25) is 0 Å². The Morgan fingerprint density at radius 3 is 2.47 bits per heavy atom. The van der Waals surface area contributed by atoms with Crippen molar-refractivity contribution in [2.45, 2.75) is 65.2 Å². The Bertz CT molecular complexity index is 899. The highest BCUT2D eigenvalue weighted by Crippen LogP contribution is 2.38. The quantitative estimate of drug-likeness (QED) is 0.562. The molecule has 1 aliphatic carbocycles. The third-order valence-electron chi connectivity index (χ3n) is 5.79. The number of ether oxygens (including phenoxy) is 2. The molecule has 1 N–H and O–H groups in total. The average molecular weight is 430 g/mol. The first-order valence-electron chi connectivity index (χ1n) is 10.7. The van der Waals surface area contributed by atoms with Crippen molar-refractivity contribution in [3.63, 3.8) is 0 Å². The Morgan fingerprint density at radius 1 is 1.10 bits per heavy atom. The zero-order chi connectivity index (χ0) is 21.7. The van der Waals surface area contributed by atoms with Crippen LogP contribution in [0.2, 0.25) is 0 Å². The zero-order valence-electron chi connectivity index (χ0n) is 18.3. The van der Waals surface area contributed by atoms with E-state index in [1.165, 1.54) is 21.8 Å². The summed E-state index contributed by atoms with van der Waals surface area (Å²) < 4.78 is 10.9. The Hall–Kier alpha value is -2.34. The molecule has 6 heteroatoms. The van der Waals surface area contributed by atoms with Crippen LogP contribution >= 0.6 is 11.3 Å². The molecule has 162 valence electrons. The molecule has 1 amide bonds. The lowest BCUT2D eigenvalue weighted by atomic mass is 9.82. The molecule has 0 aliphatic heterocycles. The largest absolute Gasteiger partial charge is 0.484 e. The van der Waals surface area contributed by atoms with E-state index < -0.39 is 0 Å². The molecule has 0 unspecified atom stereocenters. The monoisotopic (exact) mass is 429 g/mol. The molecular formula is C24H31NO4S. The molecule has 1 aromatic carbocycles. The van der Waals surface area contributed by atoms with Crippen molar-refractivity contribution in [3.05, 3.63) is 45.8 Å². The van der Waals surface area contributed by atoms with Gasteiger partial charge in [0.15, 0.2) is 6.61 Å². The number of esters is 1. The fourth-order valence-corrected chi connectivity index (χ4v) is 4.88. The van der Waals surface area contributed by atoms with Gasteiger partial charge < -0.3 is 14.8 Å². The summed E-state index contributed by atoms with van der Waals surface area (Å²) in [4.78, 5) is 26.2. The minimum atomic E-state index is -0.359. The maximum absolute atomic E-state index is 12.5. The molecule has 30 heavy (non-hydrogen) atoms. The van der Waals surface area contributed by atoms with E-state index in [9.17, 15) is 9.59 Å². The van der Waals surface area contributed by atoms with E-state index in [2.05, 4.69) is 26.1 Å². The average Bonchev–Trinajstić information content (AvgIpc) is 3.10. The second kappa shape index (κ2) is 9.65. The van der Waals surface area contributed by atoms with Gasteiger partial charge in [0, 0.05) is 4.88 Å². The first kappa shape index (κ1) is 22.3. The van der Waals surface area contributed by atoms with Gasteiger partial charge >= 0.3 is 5.97 Å². The second-order valence-corrected chi connectivity index (χ2v) is 9.34. The number of amides is 1. The zero-order valence-corrected chi connectivity index (χ0v) is 19.1. The lowest BCUT2D eigenvalue weighted by Gasteiger charge is -2.23. The summed E-state index contributed by atoms with van der Waals surface area (Å²) in [7, 11) is 0. The fourth-order valence-electron chi connectivity index (χ4n) is 3.59. The number of fused-ring (bicyclic) bond motifs is 1.